The maximum atomic E-state index is 13.3. The van der Waals surface area contributed by atoms with Crippen LogP contribution in [0.3, 0.4) is 0 Å². The zero-order valence-electron chi connectivity index (χ0n) is 21.1. The van der Waals surface area contributed by atoms with E-state index in [0.717, 1.165) is 12.3 Å². The molecule has 0 aliphatic carbocycles. The molecule has 1 heterocycles. The quantitative estimate of drug-likeness (QED) is 0.242. The van der Waals surface area contributed by atoms with Gasteiger partial charge in [0.05, 0.1) is 13.2 Å². The van der Waals surface area contributed by atoms with Crippen molar-refractivity contribution >= 4 is 36.3 Å². The van der Waals surface area contributed by atoms with Gasteiger partial charge in [0.15, 0.2) is 0 Å². The maximum Gasteiger partial charge on any atom is 0.328 e. The molecule has 1 amide bonds. The van der Waals surface area contributed by atoms with Gasteiger partial charge in [-0.15, -0.1) is 0 Å². The van der Waals surface area contributed by atoms with Crippen LogP contribution < -0.4 is 11.1 Å². The largest absolute Gasteiger partial charge is 0.467 e. The zero-order valence-corrected chi connectivity index (χ0v) is 22.8. The van der Waals surface area contributed by atoms with Crippen LogP contribution in [0.2, 0.25) is 0 Å². The molecule has 1 saturated heterocycles. The summed E-state index contributed by atoms with van der Waals surface area (Å²) in [5.41, 5.74) is 8.59. The molecule has 0 unspecified atom stereocenters. The fourth-order valence-corrected chi connectivity index (χ4v) is 4.79. The normalized spacial score (nSPS) is 20.9. The van der Waals surface area contributed by atoms with Crippen molar-refractivity contribution in [1.29, 1.82) is 0 Å². The van der Waals surface area contributed by atoms with Crippen LogP contribution in [0.1, 0.15) is 50.7 Å². The highest BCUT2D eigenvalue weighted by Gasteiger charge is 2.38. The van der Waals surface area contributed by atoms with Gasteiger partial charge in [-0.1, -0.05) is 57.2 Å². The molecule has 1 aliphatic heterocycles. The van der Waals surface area contributed by atoms with Crippen molar-refractivity contribution in [1.82, 2.24) is 10.2 Å². The third kappa shape index (κ3) is 8.33. The van der Waals surface area contributed by atoms with Crippen molar-refractivity contribution in [3.05, 3.63) is 47.5 Å². The van der Waals surface area contributed by atoms with E-state index in [1.807, 2.05) is 18.4 Å². The number of nitrogens with two attached hydrogens (primary N) is 1. The molecule has 34 heavy (non-hydrogen) atoms. The van der Waals surface area contributed by atoms with Crippen molar-refractivity contribution in [2.75, 3.05) is 38.0 Å². The molecule has 8 heteroatoms. The molecule has 3 N–H and O–H groups in total. The molecule has 190 valence electrons. The smallest absolute Gasteiger partial charge is 0.328 e. The number of esters is 1. The van der Waals surface area contributed by atoms with Gasteiger partial charge < -0.3 is 15.8 Å². The fraction of sp³-hybridized carbons (Fsp3) is 0.615. The average Bonchev–Trinajstić information content (AvgIpc) is 3.24. The first-order valence-electron chi connectivity index (χ1n) is 11.8. The number of thioether (sulfide) groups is 1. The summed E-state index contributed by atoms with van der Waals surface area (Å²) in [6, 6.07) is 7.67. The van der Waals surface area contributed by atoms with Crippen LogP contribution in [-0.4, -0.2) is 72.9 Å². The first-order chi connectivity index (χ1) is 16.1. The number of benzene rings is 1. The molecular weight excluding hydrogens is 466 g/mol. The number of likely N-dealkylation sites (tertiary alicyclic amines) is 1. The number of thiol groups is 1. The summed E-state index contributed by atoms with van der Waals surface area (Å²) in [5.74, 6) is 1.04. The van der Waals surface area contributed by atoms with Gasteiger partial charge in [-0.2, -0.15) is 24.4 Å². The van der Waals surface area contributed by atoms with E-state index < -0.39 is 12.0 Å². The van der Waals surface area contributed by atoms with Crippen molar-refractivity contribution in [3.8, 4) is 0 Å². The van der Waals surface area contributed by atoms with Crippen molar-refractivity contribution < 1.29 is 14.3 Å². The number of rotatable bonds is 11. The Morgan fingerprint density at radius 2 is 2.00 bits per heavy atom. The van der Waals surface area contributed by atoms with Crippen LogP contribution in [0.5, 0.6) is 0 Å². The van der Waals surface area contributed by atoms with Gasteiger partial charge in [-0.05, 0) is 47.3 Å². The Bertz CT molecular complexity index is 824. The highest BCUT2D eigenvalue weighted by atomic mass is 32.2. The van der Waals surface area contributed by atoms with Gasteiger partial charge in [0.2, 0.25) is 5.91 Å². The van der Waals surface area contributed by atoms with Crippen LogP contribution in [-0.2, 0) is 19.7 Å². The van der Waals surface area contributed by atoms with Crippen LogP contribution >= 0.6 is 24.4 Å². The molecule has 0 spiro atoms. The van der Waals surface area contributed by atoms with Gasteiger partial charge in [0, 0.05) is 24.9 Å². The lowest BCUT2D eigenvalue weighted by Gasteiger charge is -2.24. The highest BCUT2D eigenvalue weighted by Crippen LogP contribution is 2.33. The summed E-state index contributed by atoms with van der Waals surface area (Å²) < 4.78 is 4.92. The molecule has 6 nitrogen and oxygen atoms in total. The second-order valence-corrected chi connectivity index (χ2v) is 11.3. The van der Waals surface area contributed by atoms with Gasteiger partial charge in [-0.3, -0.25) is 9.69 Å². The van der Waals surface area contributed by atoms with E-state index in [4.69, 9.17) is 10.5 Å². The monoisotopic (exact) mass is 507 g/mol. The number of nitrogens with one attached hydrogen (secondary N) is 1. The Hall–Kier alpha value is -1.48. The molecule has 4 atom stereocenters. The van der Waals surface area contributed by atoms with Crippen LogP contribution in [0.4, 0.5) is 0 Å². The molecule has 0 radical (unpaired) electrons. The molecular formula is C26H41N3O3S2. The minimum atomic E-state index is -0.634. The van der Waals surface area contributed by atoms with Crippen molar-refractivity contribution in [2.24, 2.45) is 5.73 Å². The number of hydrogen-bond donors (Lipinski definition) is 3. The van der Waals surface area contributed by atoms with Crippen LogP contribution in [0, 0.1) is 0 Å². The summed E-state index contributed by atoms with van der Waals surface area (Å²) in [7, 11) is 1.36. The summed E-state index contributed by atoms with van der Waals surface area (Å²) in [5, 5.41) is 2.96. The van der Waals surface area contributed by atoms with Crippen LogP contribution in [0.25, 0.3) is 0 Å². The number of amides is 1. The Morgan fingerprint density at radius 3 is 2.56 bits per heavy atom. The second-order valence-electron chi connectivity index (χ2n) is 9.91. The first kappa shape index (κ1) is 28.8. The lowest BCUT2D eigenvalue weighted by molar-refractivity contribution is -0.145. The van der Waals surface area contributed by atoms with E-state index in [2.05, 4.69) is 67.9 Å². The highest BCUT2D eigenvalue weighted by molar-refractivity contribution is 7.98. The minimum absolute atomic E-state index is 0.0961. The second kappa shape index (κ2) is 13.6. The molecule has 1 aliphatic rings. The molecule has 1 fully saturated rings. The third-order valence-electron chi connectivity index (χ3n) is 6.30. The summed E-state index contributed by atoms with van der Waals surface area (Å²) in [6.07, 6.45) is 7.16. The summed E-state index contributed by atoms with van der Waals surface area (Å²) in [4.78, 5) is 27.7. The Morgan fingerprint density at radius 1 is 1.32 bits per heavy atom. The number of hydrogen-bond acceptors (Lipinski definition) is 7. The van der Waals surface area contributed by atoms with E-state index in [-0.39, 0.29) is 29.3 Å². The topological polar surface area (TPSA) is 84.7 Å². The molecule has 0 aromatic heterocycles. The molecule has 2 rings (SSSR count). The lowest BCUT2D eigenvalue weighted by atomic mass is 9.85. The van der Waals surface area contributed by atoms with E-state index in [1.54, 1.807) is 11.8 Å². The molecule has 0 bridgehead atoms. The lowest BCUT2D eigenvalue weighted by Crippen LogP contribution is -2.50. The van der Waals surface area contributed by atoms with Gasteiger partial charge >= 0.3 is 5.97 Å². The number of methoxy groups -OCH3 is 1. The Balaban J connectivity index is 2.20. The molecule has 1 aromatic carbocycles. The minimum Gasteiger partial charge on any atom is -0.467 e. The van der Waals surface area contributed by atoms with E-state index in [0.29, 0.717) is 25.1 Å². The number of carbonyl (C=O) groups excluding carboxylic acids is 2. The van der Waals surface area contributed by atoms with Crippen molar-refractivity contribution in [3.63, 3.8) is 0 Å². The van der Waals surface area contributed by atoms with Gasteiger partial charge in [0.25, 0.3) is 0 Å². The SMILES string of the molecule is COC(=O)[C@H](CCSC)NC(=O)[C@@H]1C[C@H](c2ccc(C(C)(C)C)cc2)CN1C/C=C/[C@@H](N)CS. The van der Waals surface area contributed by atoms with Gasteiger partial charge in [-0.25, -0.2) is 4.79 Å². The average molecular weight is 508 g/mol. The van der Waals surface area contributed by atoms with Crippen molar-refractivity contribution in [2.45, 2.75) is 63.1 Å². The van der Waals surface area contributed by atoms with E-state index >= 15 is 0 Å². The fourth-order valence-electron chi connectivity index (χ4n) is 4.20. The predicted molar refractivity (Wildman–Crippen MR) is 146 cm³/mol. The van der Waals surface area contributed by atoms with Crippen LogP contribution in [0.15, 0.2) is 36.4 Å². The van der Waals surface area contributed by atoms with E-state index in [1.165, 1.54) is 18.2 Å². The summed E-state index contributed by atoms with van der Waals surface area (Å²) in [6.45, 7) is 7.99. The molecule has 0 saturated carbocycles. The van der Waals surface area contributed by atoms with E-state index in [9.17, 15) is 9.59 Å². The number of ether oxygens (including phenoxy) is 1. The predicted octanol–water partition coefficient (Wildman–Crippen LogP) is 3.37. The maximum absolute atomic E-state index is 13.3. The number of nitrogens with zero attached hydrogens (tertiary/aromatic N) is 1. The van der Waals surface area contributed by atoms with Gasteiger partial charge in [0.1, 0.15) is 6.04 Å². The Labute approximate surface area is 214 Å². The molecule has 1 aromatic rings. The third-order valence-corrected chi connectivity index (χ3v) is 7.37. The summed E-state index contributed by atoms with van der Waals surface area (Å²) >= 11 is 5.87. The Kier molecular flexibility index (Phi) is 11.5. The number of carbonyl (C=O) groups is 2. The first-order valence-corrected chi connectivity index (χ1v) is 13.9. The zero-order chi connectivity index (χ0) is 25.3. The standard InChI is InChI=1S/C26H41N3O3S2/c1-26(2,3)20-10-8-18(9-11-20)19-15-23(29(16-19)13-6-7-21(27)17-33)24(30)28-22(12-14-34-5)25(31)32-4/h6-11,19,21-23,33H,12-17,27H2,1-5H3,(H,28,30)/b7-6+/t19-,21+,22-,23-/m0/s1.